The maximum Gasteiger partial charge on any atom is 0.323 e. The molecular weight excluding hydrogens is 137 g/mol. The van der Waals surface area contributed by atoms with Crippen LogP contribution in [-0.2, 0) is 4.79 Å². The molecule has 1 fully saturated rings. The molecular formula is C6H10FNO2. The Bertz CT molecular complexity index is 140. The number of rotatable bonds is 1. The summed E-state index contributed by atoms with van der Waals surface area (Å²) in [5.74, 6) is -1.09. The molecule has 0 aromatic rings. The lowest BCUT2D eigenvalue weighted by Gasteiger charge is -2.23. The van der Waals surface area contributed by atoms with Crippen molar-refractivity contribution in [2.45, 2.75) is 25.1 Å². The molecule has 0 unspecified atom stereocenters. The summed E-state index contributed by atoms with van der Waals surface area (Å²) in [6.45, 7) is 0.609. The molecule has 4 heteroatoms. The Morgan fingerprint density at radius 3 is 2.80 bits per heavy atom. The molecule has 1 aliphatic heterocycles. The van der Waals surface area contributed by atoms with Crippen molar-refractivity contribution in [2.75, 3.05) is 6.54 Å². The van der Waals surface area contributed by atoms with E-state index < -0.39 is 18.2 Å². The van der Waals surface area contributed by atoms with Gasteiger partial charge in [0.1, 0.15) is 12.2 Å². The normalized spacial score (nSPS) is 33.7. The summed E-state index contributed by atoms with van der Waals surface area (Å²) in [4.78, 5) is 10.3. The quantitative estimate of drug-likeness (QED) is 0.555. The van der Waals surface area contributed by atoms with Crippen LogP contribution >= 0.6 is 0 Å². The second-order valence-corrected chi connectivity index (χ2v) is 2.43. The molecule has 0 spiro atoms. The van der Waals surface area contributed by atoms with Crippen LogP contribution in [0.4, 0.5) is 4.39 Å². The Balaban J connectivity index is 2.47. The Kier molecular flexibility index (Phi) is 2.21. The van der Waals surface area contributed by atoms with Crippen molar-refractivity contribution >= 4 is 5.97 Å². The van der Waals surface area contributed by atoms with Crippen LogP contribution in [0.25, 0.3) is 0 Å². The summed E-state index contributed by atoms with van der Waals surface area (Å²) < 4.78 is 12.7. The molecule has 0 radical (unpaired) electrons. The first-order valence-corrected chi connectivity index (χ1v) is 3.32. The Labute approximate surface area is 58.2 Å². The van der Waals surface area contributed by atoms with Crippen LogP contribution in [0.1, 0.15) is 12.8 Å². The highest BCUT2D eigenvalue weighted by molar-refractivity contribution is 5.74. The van der Waals surface area contributed by atoms with E-state index in [2.05, 4.69) is 5.32 Å². The van der Waals surface area contributed by atoms with Crippen LogP contribution < -0.4 is 5.32 Å². The lowest BCUT2D eigenvalue weighted by molar-refractivity contribution is -0.141. The van der Waals surface area contributed by atoms with Crippen LogP contribution in [0, 0.1) is 0 Å². The monoisotopic (exact) mass is 147 g/mol. The van der Waals surface area contributed by atoms with Gasteiger partial charge >= 0.3 is 5.97 Å². The number of aliphatic carboxylic acids is 1. The second-order valence-electron chi connectivity index (χ2n) is 2.43. The van der Waals surface area contributed by atoms with Crippen LogP contribution in [-0.4, -0.2) is 29.8 Å². The summed E-state index contributed by atoms with van der Waals surface area (Å²) in [6, 6.07) is -0.978. The van der Waals surface area contributed by atoms with Gasteiger partial charge in [0.15, 0.2) is 0 Å². The molecule has 1 heterocycles. The fraction of sp³-hybridized carbons (Fsp3) is 0.833. The van der Waals surface area contributed by atoms with Gasteiger partial charge < -0.3 is 10.4 Å². The Morgan fingerprint density at radius 1 is 1.70 bits per heavy atom. The van der Waals surface area contributed by atoms with Crippen molar-refractivity contribution in [3.63, 3.8) is 0 Å². The first-order valence-electron chi connectivity index (χ1n) is 3.32. The van der Waals surface area contributed by atoms with Gasteiger partial charge in [-0.2, -0.15) is 0 Å². The van der Waals surface area contributed by atoms with Crippen molar-refractivity contribution in [3.05, 3.63) is 0 Å². The van der Waals surface area contributed by atoms with Crippen molar-refractivity contribution in [3.8, 4) is 0 Å². The minimum Gasteiger partial charge on any atom is -0.480 e. The van der Waals surface area contributed by atoms with Gasteiger partial charge in [-0.1, -0.05) is 0 Å². The summed E-state index contributed by atoms with van der Waals surface area (Å²) in [7, 11) is 0. The zero-order valence-corrected chi connectivity index (χ0v) is 5.51. The van der Waals surface area contributed by atoms with Gasteiger partial charge in [-0.25, -0.2) is 4.39 Å². The van der Waals surface area contributed by atoms with Gasteiger partial charge in [0, 0.05) is 0 Å². The number of carboxylic acid groups (broad SMARTS) is 1. The number of halogens is 1. The predicted octanol–water partition coefficient (Wildman–Crippen LogP) is 0.161. The first-order chi connectivity index (χ1) is 4.72. The van der Waals surface area contributed by atoms with Gasteiger partial charge in [-0.05, 0) is 19.4 Å². The van der Waals surface area contributed by atoms with Crippen molar-refractivity contribution in [2.24, 2.45) is 0 Å². The number of nitrogens with one attached hydrogen (secondary N) is 1. The van der Waals surface area contributed by atoms with E-state index >= 15 is 0 Å². The third kappa shape index (κ3) is 1.44. The Hall–Kier alpha value is -0.640. The average molecular weight is 147 g/mol. The fourth-order valence-corrected chi connectivity index (χ4v) is 1.09. The molecule has 0 saturated carbocycles. The molecule has 10 heavy (non-hydrogen) atoms. The Morgan fingerprint density at radius 2 is 2.40 bits per heavy atom. The lowest BCUT2D eigenvalue weighted by Crippen LogP contribution is -2.48. The number of carbonyl (C=O) groups is 1. The van der Waals surface area contributed by atoms with E-state index in [1.165, 1.54) is 0 Å². The summed E-state index contributed by atoms with van der Waals surface area (Å²) in [5, 5.41) is 11.0. The van der Waals surface area contributed by atoms with E-state index in [1.807, 2.05) is 0 Å². The third-order valence-electron chi connectivity index (χ3n) is 1.65. The topological polar surface area (TPSA) is 49.3 Å². The smallest absolute Gasteiger partial charge is 0.323 e. The van der Waals surface area contributed by atoms with Gasteiger partial charge in [0.2, 0.25) is 0 Å². The molecule has 2 atom stereocenters. The lowest BCUT2D eigenvalue weighted by atomic mass is 10.0. The van der Waals surface area contributed by atoms with E-state index in [4.69, 9.17) is 5.11 Å². The highest BCUT2D eigenvalue weighted by Gasteiger charge is 2.29. The third-order valence-corrected chi connectivity index (χ3v) is 1.65. The van der Waals surface area contributed by atoms with E-state index in [1.54, 1.807) is 0 Å². The zero-order chi connectivity index (χ0) is 7.56. The molecule has 0 amide bonds. The zero-order valence-electron chi connectivity index (χ0n) is 5.51. The highest BCUT2D eigenvalue weighted by atomic mass is 19.1. The number of hydrogen-bond donors (Lipinski definition) is 2. The molecule has 2 N–H and O–H groups in total. The van der Waals surface area contributed by atoms with Crippen LogP contribution in [0.15, 0.2) is 0 Å². The molecule has 0 aromatic heterocycles. The van der Waals surface area contributed by atoms with Crippen LogP contribution in [0.3, 0.4) is 0 Å². The number of hydrogen-bond acceptors (Lipinski definition) is 2. The van der Waals surface area contributed by atoms with Crippen LogP contribution in [0.5, 0.6) is 0 Å². The SMILES string of the molecule is O=C(O)[C@H]1NCCC[C@H]1F. The molecule has 58 valence electrons. The highest BCUT2D eigenvalue weighted by Crippen LogP contribution is 2.11. The average Bonchev–Trinajstić information content (AvgIpc) is 1.88. The standard InChI is InChI=1S/C6H10FNO2/c7-4-2-1-3-8-5(4)6(9)10/h4-5,8H,1-3H2,(H,9,10)/t4-,5+/m1/s1. The fourth-order valence-electron chi connectivity index (χ4n) is 1.09. The van der Waals surface area contributed by atoms with Crippen molar-refractivity contribution < 1.29 is 14.3 Å². The first kappa shape index (κ1) is 7.47. The second kappa shape index (κ2) is 2.96. The molecule has 0 bridgehead atoms. The number of piperidine rings is 1. The van der Waals surface area contributed by atoms with E-state index in [-0.39, 0.29) is 0 Å². The van der Waals surface area contributed by atoms with Gasteiger partial charge in [-0.3, -0.25) is 4.79 Å². The summed E-state index contributed by atoms with van der Waals surface area (Å²) >= 11 is 0. The largest absolute Gasteiger partial charge is 0.480 e. The minimum atomic E-state index is -1.22. The minimum absolute atomic E-state index is 0.365. The number of alkyl halides is 1. The van der Waals surface area contributed by atoms with E-state index in [0.717, 1.165) is 6.42 Å². The maximum absolute atomic E-state index is 12.7. The predicted molar refractivity (Wildman–Crippen MR) is 33.6 cm³/mol. The summed E-state index contributed by atoms with van der Waals surface area (Å²) in [5.41, 5.74) is 0. The maximum atomic E-state index is 12.7. The molecule has 1 saturated heterocycles. The molecule has 1 aliphatic rings. The van der Waals surface area contributed by atoms with Crippen LogP contribution in [0.2, 0.25) is 0 Å². The molecule has 0 aliphatic carbocycles. The van der Waals surface area contributed by atoms with Crippen molar-refractivity contribution in [1.29, 1.82) is 0 Å². The summed E-state index contributed by atoms with van der Waals surface area (Å²) in [6.07, 6.45) is -0.124. The molecule has 1 rings (SSSR count). The van der Waals surface area contributed by atoms with E-state index in [9.17, 15) is 9.18 Å². The van der Waals surface area contributed by atoms with Crippen molar-refractivity contribution in [1.82, 2.24) is 5.32 Å². The van der Waals surface area contributed by atoms with Gasteiger partial charge in [0.25, 0.3) is 0 Å². The van der Waals surface area contributed by atoms with Gasteiger partial charge in [0.05, 0.1) is 0 Å². The van der Waals surface area contributed by atoms with E-state index in [0.29, 0.717) is 13.0 Å². The molecule has 0 aromatic carbocycles. The molecule has 3 nitrogen and oxygen atoms in total. The number of carboxylic acids is 1. The van der Waals surface area contributed by atoms with Gasteiger partial charge in [-0.15, -0.1) is 0 Å².